The van der Waals surface area contributed by atoms with E-state index < -0.39 is 30.0 Å². The van der Waals surface area contributed by atoms with Crippen molar-refractivity contribution >= 4 is 42.0 Å². The first kappa shape index (κ1) is 37.2. The van der Waals surface area contributed by atoms with Gasteiger partial charge in [0.15, 0.2) is 0 Å². The van der Waals surface area contributed by atoms with Crippen LogP contribution >= 0.6 is 0 Å². The Morgan fingerprint density at radius 1 is 0.513 bits per heavy atom. The van der Waals surface area contributed by atoms with Gasteiger partial charge >= 0.3 is 59.1 Å². The van der Waals surface area contributed by atoms with E-state index in [0.717, 1.165) is 12.4 Å². The number of rotatable bonds is 4. The molecule has 2 heterocycles. The van der Waals surface area contributed by atoms with Crippen molar-refractivity contribution < 1.29 is 101 Å². The van der Waals surface area contributed by atoms with E-state index in [-0.39, 0.29) is 97.7 Å². The molecule has 0 fully saturated rings. The molecular weight excluding hydrogens is 570 g/mol. The molecule has 194 valence electrons. The van der Waals surface area contributed by atoms with Crippen LogP contribution in [0.3, 0.4) is 0 Å². The fourth-order valence-electron chi connectivity index (χ4n) is 4.07. The quantitative estimate of drug-likeness (QED) is 0.112. The van der Waals surface area contributed by atoms with Crippen molar-refractivity contribution in [1.29, 1.82) is 0 Å². The van der Waals surface area contributed by atoms with Gasteiger partial charge in [0.2, 0.25) is 0 Å². The number of fused-ring (bicyclic) bond motifs is 3. The zero-order valence-electron chi connectivity index (χ0n) is 20.7. The molecule has 15 heteroatoms. The van der Waals surface area contributed by atoms with Gasteiger partial charge < -0.3 is 25.5 Å². The second-order valence-electron chi connectivity index (χ2n) is 7.49. The monoisotopic (exact) mass is 590 g/mol. The molecule has 0 saturated carbocycles. The second kappa shape index (κ2) is 14.2. The molecule has 3 aromatic carbocycles. The second-order valence-corrected chi connectivity index (χ2v) is 10.2. The molecule has 5 aromatic rings. The third kappa shape index (κ3) is 7.10. The van der Waals surface area contributed by atoms with E-state index in [4.69, 9.17) is 0 Å². The molecule has 39 heavy (non-hydrogen) atoms. The van der Waals surface area contributed by atoms with Crippen molar-refractivity contribution in [3.05, 3.63) is 85.2 Å². The van der Waals surface area contributed by atoms with Gasteiger partial charge in [-0.05, 0) is 11.1 Å². The first-order chi connectivity index (χ1) is 16.2. The van der Waals surface area contributed by atoms with E-state index in [1.54, 1.807) is 72.8 Å². The van der Waals surface area contributed by atoms with Crippen molar-refractivity contribution in [1.82, 2.24) is 9.97 Å². The van der Waals surface area contributed by atoms with Crippen molar-refractivity contribution in [2.75, 3.05) is 0 Å². The Labute approximate surface area is 268 Å². The predicted molar refractivity (Wildman–Crippen MR) is 135 cm³/mol. The molecule has 0 bridgehead atoms. The molecule has 0 amide bonds. The predicted octanol–water partition coefficient (Wildman–Crippen LogP) is -4.54. The van der Waals surface area contributed by atoms with Crippen molar-refractivity contribution in [2.45, 2.75) is 9.79 Å². The molecule has 11 nitrogen and oxygen atoms in total. The van der Waals surface area contributed by atoms with Crippen molar-refractivity contribution in [3.8, 4) is 22.3 Å². The summed E-state index contributed by atoms with van der Waals surface area (Å²) in [6.07, 6.45) is 1.96. The van der Waals surface area contributed by atoms with Gasteiger partial charge in [-0.15, -0.1) is 0 Å². The summed E-state index contributed by atoms with van der Waals surface area (Å²) in [4.78, 5) is 7.48. The number of hydrogen-bond acceptors (Lipinski definition) is 8. The Hall–Kier alpha value is -1.82. The molecule has 2 aromatic heterocycles. The molecular formula is C24H20N2Na2O9S2. The Bertz CT molecular complexity index is 1670. The van der Waals surface area contributed by atoms with Crippen LogP contribution in [0.4, 0.5) is 0 Å². The number of aromatic nitrogens is 2. The van der Waals surface area contributed by atoms with Gasteiger partial charge in [0, 0.05) is 34.3 Å². The molecule has 0 aliphatic heterocycles. The van der Waals surface area contributed by atoms with Gasteiger partial charge in [-0.3, -0.25) is 9.97 Å². The summed E-state index contributed by atoms with van der Waals surface area (Å²) in [7, 11) is -9.71. The van der Waals surface area contributed by atoms with Gasteiger partial charge in [0.1, 0.15) is 20.2 Å². The van der Waals surface area contributed by atoms with Crippen LogP contribution < -0.4 is 59.1 Å². The molecule has 0 radical (unpaired) electrons. The van der Waals surface area contributed by atoms with Crippen LogP contribution in [0.1, 0.15) is 0 Å². The van der Waals surface area contributed by atoms with Crippen LogP contribution in [0.15, 0.2) is 95.0 Å². The van der Waals surface area contributed by atoms with Crippen LogP contribution in [0.25, 0.3) is 44.1 Å². The van der Waals surface area contributed by atoms with Crippen molar-refractivity contribution in [2.24, 2.45) is 0 Å². The average Bonchev–Trinajstić information content (AvgIpc) is 2.82. The van der Waals surface area contributed by atoms with Gasteiger partial charge in [0.25, 0.3) is 0 Å². The fourth-order valence-corrected chi connectivity index (χ4v) is 5.39. The first-order valence-corrected chi connectivity index (χ1v) is 12.7. The fraction of sp³-hybridized carbons (Fsp3) is 0. The number of nitrogens with zero attached hydrogens (tertiary/aromatic N) is 2. The Balaban J connectivity index is 0.00000289. The molecule has 6 N–H and O–H groups in total. The van der Waals surface area contributed by atoms with Gasteiger partial charge in [0.05, 0.1) is 20.8 Å². The Morgan fingerprint density at radius 2 is 0.821 bits per heavy atom. The van der Waals surface area contributed by atoms with E-state index in [0.29, 0.717) is 21.9 Å². The summed E-state index contributed by atoms with van der Waals surface area (Å²) in [5.74, 6) is 0. The minimum atomic E-state index is -4.86. The van der Waals surface area contributed by atoms with Crippen LogP contribution in [-0.4, -0.2) is 52.3 Å². The third-order valence-electron chi connectivity index (χ3n) is 5.47. The summed E-state index contributed by atoms with van der Waals surface area (Å²) in [6, 6.07) is 20.1. The number of hydrogen-bond donors (Lipinski definition) is 0. The molecule has 0 atom stereocenters. The van der Waals surface area contributed by atoms with Crippen molar-refractivity contribution in [3.63, 3.8) is 0 Å². The average molecular weight is 591 g/mol. The summed E-state index contributed by atoms with van der Waals surface area (Å²) in [5.41, 5.74) is 1.85. The maximum Gasteiger partial charge on any atom is 1.00 e. The van der Waals surface area contributed by atoms with Gasteiger partial charge in [-0.25, -0.2) is 16.8 Å². The van der Waals surface area contributed by atoms with E-state index in [9.17, 15) is 25.9 Å². The zero-order chi connectivity index (χ0) is 24.1. The summed E-state index contributed by atoms with van der Waals surface area (Å²) in [6.45, 7) is 0. The minimum absolute atomic E-state index is 0. The molecule has 0 saturated heterocycles. The molecule has 0 aliphatic rings. The minimum Gasteiger partial charge on any atom is -0.744 e. The van der Waals surface area contributed by atoms with Crippen LogP contribution in [0.2, 0.25) is 0 Å². The normalized spacial score (nSPS) is 10.7. The topological polar surface area (TPSA) is 235 Å². The van der Waals surface area contributed by atoms with E-state index in [1.165, 1.54) is 0 Å². The smallest absolute Gasteiger partial charge is 0.744 e. The summed E-state index contributed by atoms with van der Waals surface area (Å²) in [5, 5.41) is 0.694. The van der Waals surface area contributed by atoms with E-state index in [2.05, 4.69) is 9.97 Å². The van der Waals surface area contributed by atoms with E-state index in [1.807, 2.05) is 0 Å². The summed E-state index contributed by atoms with van der Waals surface area (Å²) < 4.78 is 72.1. The Kier molecular flexibility index (Phi) is 13.5. The number of benzene rings is 3. The molecule has 0 spiro atoms. The largest absolute Gasteiger partial charge is 1.00 e. The molecule has 5 rings (SSSR count). The van der Waals surface area contributed by atoms with Crippen LogP contribution in [-0.2, 0) is 20.2 Å². The third-order valence-corrected chi connectivity index (χ3v) is 7.16. The maximum atomic E-state index is 12.0. The molecule has 0 aliphatic carbocycles. The van der Waals surface area contributed by atoms with Gasteiger partial charge in [-0.2, -0.15) is 0 Å². The summed E-state index contributed by atoms with van der Waals surface area (Å²) >= 11 is 0. The molecule has 0 unspecified atom stereocenters. The van der Waals surface area contributed by atoms with E-state index >= 15 is 0 Å². The Morgan fingerprint density at radius 3 is 1.10 bits per heavy atom. The standard InChI is InChI=1S/C24H16N2O6S2.2Na.3H2O/c27-33(28,29)19-13-25-23-17(21(19)15-7-3-1-4-8-15)11-12-18-22(16-9-5-2-6-10-16)20(34(30,31)32)14-26-24(18)23;;;;;/h1-14H,(H,27,28,29)(H,30,31,32);;;3*1H2/q;2*+1;;;/p-2. The van der Waals surface area contributed by atoms with Crippen LogP contribution in [0, 0.1) is 0 Å². The number of pyridine rings is 2. The SMILES string of the molecule is O.O.O.O=S(=O)([O-])c1cnc2c(ccc3c(-c4ccccc4)c(S(=O)(=O)[O-])cnc32)c1-c1ccccc1.[Na+].[Na+]. The van der Waals surface area contributed by atoms with Crippen LogP contribution in [0.5, 0.6) is 0 Å². The first-order valence-electron chi connectivity index (χ1n) is 9.93. The maximum absolute atomic E-state index is 12.0. The van der Waals surface area contributed by atoms with Gasteiger partial charge in [-0.1, -0.05) is 72.8 Å². The zero-order valence-corrected chi connectivity index (χ0v) is 26.4.